The van der Waals surface area contributed by atoms with Gasteiger partial charge in [0.25, 0.3) is 0 Å². The molecule has 7 heteroatoms. The Morgan fingerprint density at radius 3 is 1.24 bits per heavy atom. The van der Waals surface area contributed by atoms with E-state index in [1.807, 2.05) is 0 Å². The largest absolute Gasteiger partial charge is 0.726 e. The lowest BCUT2D eigenvalue weighted by atomic mass is 10.0. The molecule has 1 aliphatic rings. The Morgan fingerprint density at radius 1 is 0.622 bits per heavy atom. The first-order chi connectivity index (χ1) is 21.8. The van der Waals surface area contributed by atoms with Crippen molar-refractivity contribution in [1.29, 1.82) is 0 Å². The number of rotatable bonds is 31. The Balaban J connectivity index is 0.00000292. The minimum absolute atomic E-state index is 0.763. The molecular weight excluding hydrogens is 580 g/mol. The summed E-state index contributed by atoms with van der Waals surface area (Å²) in [4.78, 5) is 2.69. The lowest BCUT2D eigenvalue weighted by Gasteiger charge is -2.11. The molecule has 0 saturated heterocycles. The number of nitrogens with zero attached hydrogens (tertiary/aromatic N) is 2. The summed E-state index contributed by atoms with van der Waals surface area (Å²) in [5.74, 6) is 1.65. The first kappa shape index (κ1) is 44.3. The minimum atomic E-state index is -4.41. The average Bonchev–Trinajstić information content (AvgIpc) is 3.33. The van der Waals surface area contributed by atoms with Gasteiger partial charge >= 0.3 is 0 Å². The van der Waals surface area contributed by atoms with Gasteiger partial charge in [-0.3, -0.25) is 13.7 Å². The van der Waals surface area contributed by atoms with Gasteiger partial charge < -0.3 is 4.55 Å². The zero-order valence-electron chi connectivity index (χ0n) is 30.9. The van der Waals surface area contributed by atoms with Crippen molar-refractivity contribution < 1.29 is 21.7 Å². The Morgan fingerprint density at radius 2 is 0.933 bits per heavy atom. The summed E-state index contributed by atoms with van der Waals surface area (Å²) in [5.41, 5.74) is 0. The van der Waals surface area contributed by atoms with E-state index in [2.05, 4.69) is 41.5 Å². The van der Waals surface area contributed by atoms with Crippen molar-refractivity contribution in [2.24, 2.45) is 0 Å². The van der Waals surface area contributed by atoms with E-state index in [0.717, 1.165) is 13.2 Å². The number of unbranched alkanes of at least 4 members (excludes halogenated alkanes) is 25. The molecule has 6 nitrogen and oxygen atoms in total. The maximum atomic E-state index is 9.22. The van der Waals surface area contributed by atoms with E-state index in [-0.39, 0.29) is 0 Å². The van der Waals surface area contributed by atoms with E-state index in [1.54, 1.807) is 5.84 Å². The Labute approximate surface area is 282 Å². The van der Waals surface area contributed by atoms with Gasteiger partial charge in [0.15, 0.2) is 0 Å². The van der Waals surface area contributed by atoms with Gasteiger partial charge in [0.2, 0.25) is 16.2 Å². The molecule has 0 aromatic heterocycles. The topological polar surface area (TPSA) is 72.7 Å². The van der Waals surface area contributed by atoms with Crippen LogP contribution >= 0.6 is 0 Å². The smallest absolute Gasteiger partial charge is 0.247 e. The van der Waals surface area contributed by atoms with Gasteiger partial charge in [-0.05, 0) is 26.2 Å². The summed E-state index contributed by atoms with van der Waals surface area (Å²) in [6.45, 7) is 9.44. The van der Waals surface area contributed by atoms with Crippen LogP contribution in [0.1, 0.15) is 207 Å². The standard InChI is InChI=1S/C37H75N2.CH4O4S/c1-5-8-10-12-14-16-18-20-22-23-25-27-29-31-33-36-35-39(7-3)37(38(36)4)34-32-30-28-26-24-21-19-17-15-13-11-9-6-2;1-5-6(2,3)4/h36H,5-35H2,1-4H3;1H3,(H,2,3,4)/q+1;/p-1. The van der Waals surface area contributed by atoms with Gasteiger partial charge in [0.05, 0.1) is 20.7 Å². The fourth-order valence-corrected chi connectivity index (χ4v) is 6.72. The summed E-state index contributed by atoms with van der Waals surface area (Å²) in [6.07, 6.45) is 41.9. The van der Waals surface area contributed by atoms with Crippen molar-refractivity contribution in [2.45, 2.75) is 213 Å². The maximum absolute atomic E-state index is 9.22. The van der Waals surface area contributed by atoms with E-state index in [0.29, 0.717) is 0 Å². The van der Waals surface area contributed by atoms with Gasteiger partial charge in [0, 0.05) is 6.42 Å². The van der Waals surface area contributed by atoms with Crippen LogP contribution in [0.3, 0.4) is 0 Å². The minimum Gasteiger partial charge on any atom is -0.726 e. The number of likely N-dealkylation sites (N-methyl/N-ethyl adjacent to an activating group) is 2. The monoisotopic (exact) mass is 659 g/mol. The average molecular weight is 659 g/mol. The third-order valence-corrected chi connectivity index (χ3v) is 10.1. The van der Waals surface area contributed by atoms with Crippen molar-refractivity contribution in [3.05, 3.63) is 0 Å². The van der Waals surface area contributed by atoms with Gasteiger partial charge in [0.1, 0.15) is 12.6 Å². The van der Waals surface area contributed by atoms with Crippen LogP contribution in [-0.4, -0.2) is 61.6 Å². The maximum Gasteiger partial charge on any atom is 0.247 e. The van der Waals surface area contributed by atoms with Gasteiger partial charge in [-0.15, -0.1) is 0 Å². The highest BCUT2D eigenvalue weighted by molar-refractivity contribution is 7.80. The lowest BCUT2D eigenvalue weighted by molar-refractivity contribution is -0.529. The van der Waals surface area contributed by atoms with Crippen molar-refractivity contribution in [2.75, 3.05) is 27.2 Å². The SMILES string of the molecule is CCCCCCCCCCCCCCCCC1CN(CC)C(CCCCCCCCCCCCCCC)=[N+]1C.COS(=O)(=O)[O-]. The molecule has 0 amide bonds. The zero-order valence-corrected chi connectivity index (χ0v) is 31.7. The van der Waals surface area contributed by atoms with Crippen LogP contribution in [0.25, 0.3) is 0 Å². The third-order valence-electron chi connectivity index (χ3n) is 9.73. The molecule has 1 atom stereocenters. The van der Waals surface area contributed by atoms with Gasteiger partial charge in [-0.1, -0.05) is 174 Å². The number of hydrogen-bond donors (Lipinski definition) is 0. The predicted molar refractivity (Wildman–Crippen MR) is 194 cm³/mol. The van der Waals surface area contributed by atoms with E-state index in [9.17, 15) is 13.0 Å². The second-order valence-corrected chi connectivity index (χ2v) is 14.8. The molecule has 0 aliphatic carbocycles. The lowest BCUT2D eigenvalue weighted by Crippen LogP contribution is -2.29. The summed E-state index contributed by atoms with van der Waals surface area (Å²) in [6, 6.07) is 0.763. The van der Waals surface area contributed by atoms with Crippen LogP contribution in [0.4, 0.5) is 0 Å². The molecule has 45 heavy (non-hydrogen) atoms. The fourth-order valence-electron chi connectivity index (χ4n) is 6.72. The van der Waals surface area contributed by atoms with E-state index in [1.165, 1.54) is 199 Å². The van der Waals surface area contributed by atoms with Crippen LogP contribution in [0.15, 0.2) is 0 Å². The molecule has 1 heterocycles. The normalized spacial score (nSPS) is 15.2. The summed E-state index contributed by atoms with van der Waals surface area (Å²) >= 11 is 0. The fraction of sp³-hybridized carbons (Fsp3) is 0.974. The Bertz CT molecular complexity index is 772. The molecule has 0 fully saturated rings. The molecule has 0 saturated carbocycles. The van der Waals surface area contributed by atoms with E-state index in [4.69, 9.17) is 0 Å². The third kappa shape index (κ3) is 28.1. The molecule has 1 rings (SSSR count). The second kappa shape index (κ2) is 31.9. The van der Waals surface area contributed by atoms with Crippen molar-refractivity contribution in [1.82, 2.24) is 4.90 Å². The summed E-state index contributed by atoms with van der Waals surface area (Å²) < 4.78 is 33.7. The molecule has 0 aromatic carbocycles. The zero-order chi connectivity index (χ0) is 33.4. The number of amidine groups is 1. The predicted octanol–water partition coefficient (Wildman–Crippen LogP) is 11.2. The Hall–Kier alpha value is -0.660. The first-order valence-corrected chi connectivity index (χ1v) is 21.0. The molecule has 0 radical (unpaired) electrons. The summed E-state index contributed by atoms with van der Waals surface area (Å²) in [7, 11) is -1.21. The van der Waals surface area contributed by atoms with Gasteiger partial charge in [-0.2, -0.15) is 0 Å². The van der Waals surface area contributed by atoms with Gasteiger partial charge in [-0.25, -0.2) is 8.42 Å². The highest BCUT2D eigenvalue weighted by Crippen LogP contribution is 2.20. The van der Waals surface area contributed by atoms with E-state index < -0.39 is 10.4 Å². The molecular formula is C38H78N2O4S. The molecule has 0 spiro atoms. The van der Waals surface area contributed by atoms with Crippen LogP contribution in [-0.2, 0) is 14.6 Å². The first-order valence-electron chi connectivity index (χ1n) is 19.7. The van der Waals surface area contributed by atoms with Crippen LogP contribution in [0.2, 0.25) is 0 Å². The molecule has 1 aliphatic heterocycles. The van der Waals surface area contributed by atoms with Crippen molar-refractivity contribution >= 4 is 16.2 Å². The Kier molecular flexibility index (Phi) is 31.4. The second-order valence-electron chi connectivity index (χ2n) is 13.7. The van der Waals surface area contributed by atoms with Crippen molar-refractivity contribution in [3.63, 3.8) is 0 Å². The van der Waals surface area contributed by atoms with E-state index >= 15 is 0 Å². The summed E-state index contributed by atoms with van der Waals surface area (Å²) in [5, 5.41) is 0. The van der Waals surface area contributed by atoms with Crippen LogP contribution in [0, 0.1) is 0 Å². The van der Waals surface area contributed by atoms with Crippen LogP contribution < -0.4 is 0 Å². The molecule has 1 unspecified atom stereocenters. The molecule has 0 N–H and O–H groups in total. The highest BCUT2D eigenvalue weighted by Gasteiger charge is 2.34. The molecule has 270 valence electrons. The molecule has 0 aromatic rings. The highest BCUT2D eigenvalue weighted by atomic mass is 32.3. The quantitative estimate of drug-likeness (QED) is 0.0321. The molecule has 0 bridgehead atoms. The number of hydrogen-bond acceptors (Lipinski definition) is 5. The van der Waals surface area contributed by atoms with Crippen molar-refractivity contribution in [3.8, 4) is 0 Å². The van der Waals surface area contributed by atoms with Crippen LogP contribution in [0.5, 0.6) is 0 Å².